The van der Waals surface area contributed by atoms with E-state index in [0.29, 0.717) is 24.3 Å². The lowest BCUT2D eigenvalue weighted by molar-refractivity contribution is 0.0506. The summed E-state index contributed by atoms with van der Waals surface area (Å²) in [7, 11) is 0. The quantitative estimate of drug-likeness (QED) is 0.455. The molecule has 0 spiro atoms. The van der Waals surface area contributed by atoms with Gasteiger partial charge in [0.05, 0.1) is 40.8 Å². The van der Waals surface area contributed by atoms with Crippen molar-refractivity contribution in [1.82, 2.24) is 19.9 Å². The van der Waals surface area contributed by atoms with E-state index in [1.54, 1.807) is 12.4 Å². The van der Waals surface area contributed by atoms with E-state index in [1.165, 1.54) is 0 Å². The molecule has 5 rings (SSSR count). The minimum atomic E-state index is -0.0538. The molecule has 1 unspecified atom stereocenters. The number of pyridine rings is 3. The highest BCUT2D eigenvalue weighted by Crippen LogP contribution is 2.26. The number of carbonyl (C=O) groups is 1. The monoisotopic (exact) mass is 424 g/mol. The van der Waals surface area contributed by atoms with Crippen molar-refractivity contribution < 1.29 is 9.53 Å². The second kappa shape index (κ2) is 9.24. The van der Waals surface area contributed by atoms with Crippen LogP contribution in [0.15, 0.2) is 79.1 Å². The maximum Gasteiger partial charge on any atom is 0.255 e. The van der Waals surface area contributed by atoms with E-state index >= 15 is 0 Å². The van der Waals surface area contributed by atoms with Crippen molar-refractivity contribution in [3.05, 3.63) is 90.4 Å². The van der Waals surface area contributed by atoms with E-state index < -0.39 is 0 Å². The van der Waals surface area contributed by atoms with E-state index in [2.05, 4.69) is 9.97 Å². The van der Waals surface area contributed by atoms with Gasteiger partial charge in [0, 0.05) is 30.9 Å². The summed E-state index contributed by atoms with van der Waals surface area (Å²) >= 11 is 0. The molecule has 1 aromatic carbocycles. The molecule has 1 aliphatic rings. The Morgan fingerprint density at radius 3 is 2.53 bits per heavy atom. The lowest BCUT2D eigenvalue weighted by Gasteiger charge is -2.26. The first-order chi connectivity index (χ1) is 15.8. The molecule has 1 fully saturated rings. The standard InChI is InChI=1S/C26H24N4O2/c31-26(30(18-20-9-7-15-32-20)17-19-8-3-5-13-27-19)22-16-25(24-12-4-6-14-28-24)29-23-11-2-1-10-21(22)23/h1-6,8,10-14,16,20H,7,9,15,17-18H2. The van der Waals surface area contributed by atoms with Crippen LogP contribution in [0.5, 0.6) is 0 Å². The fourth-order valence-corrected chi connectivity index (χ4v) is 4.11. The summed E-state index contributed by atoms with van der Waals surface area (Å²) in [5.74, 6) is -0.0538. The van der Waals surface area contributed by atoms with Gasteiger partial charge in [-0.3, -0.25) is 14.8 Å². The molecule has 4 aromatic rings. The zero-order valence-corrected chi connectivity index (χ0v) is 17.7. The van der Waals surface area contributed by atoms with E-state index in [-0.39, 0.29) is 12.0 Å². The maximum atomic E-state index is 13.9. The van der Waals surface area contributed by atoms with Gasteiger partial charge in [0.2, 0.25) is 0 Å². The largest absolute Gasteiger partial charge is 0.376 e. The third-order valence-corrected chi connectivity index (χ3v) is 5.69. The molecule has 3 aromatic heterocycles. The van der Waals surface area contributed by atoms with Gasteiger partial charge in [-0.05, 0) is 49.2 Å². The number of rotatable bonds is 6. The summed E-state index contributed by atoms with van der Waals surface area (Å²) in [5.41, 5.74) is 3.66. The summed E-state index contributed by atoms with van der Waals surface area (Å²) in [6, 6.07) is 21.1. The summed E-state index contributed by atoms with van der Waals surface area (Å²) in [5, 5.41) is 0.829. The molecule has 1 saturated heterocycles. The Balaban J connectivity index is 1.56. The molecule has 0 aliphatic carbocycles. The molecule has 1 aliphatic heterocycles. The number of para-hydroxylation sites is 1. The number of benzene rings is 1. The van der Waals surface area contributed by atoms with E-state index in [1.807, 2.05) is 71.6 Å². The number of aromatic nitrogens is 3. The molecule has 1 amide bonds. The van der Waals surface area contributed by atoms with Crippen molar-refractivity contribution in [2.45, 2.75) is 25.5 Å². The molecule has 0 bridgehead atoms. The molecule has 0 radical (unpaired) electrons. The first-order valence-corrected chi connectivity index (χ1v) is 10.9. The highest BCUT2D eigenvalue weighted by atomic mass is 16.5. The Labute approximate surface area is 186 Å². The summed E-state index contributed by atoms with van der Waals surface area (Å²) in [6.07, 6.45) is 5.52. The average Bonchev–Trinajstić information content (AvgIpc) is 3.37. The highest BCUT2D eigenvalue weighted by Gasteiger charge is 2.26. The molecule has 6 nitrogen and oxygen atoms in total. The second-order valence-corrected chi connectivity index (χ2v) is 7.93. The van der Waals surface area contributed by atoms with E-state index in [4.69, 9.17) is 9.72 Å². The minimum Gasteiger partial charge on any atom is -0.376 e. The summed E-state index contributed by atoms with van der Waals surface area (Å²) in [4.78, 5) is 29.4. The Morgan fingerprint density at radius 2 is 1.78 bits per heavy atom. The number of carbonyl (C=O) groups excluding carboxylic acids is 1. The van der Waals surface area contributed by atoms with Crippen molar-refractivity contribution >= 4 is 16.8 Å². The SMILES string of the molecule is O=C(c1cc(-c2ccccn2)nc2ccccc12)N(Cc1ccccn1)CC1CCCO1. The molecule has 0 N–H and O–H groups in total. The van der Waals surface area contributed by atoms with Crippen LogP contribution in [0.2, 0.25) is 0 Å². The minimum absolute atomic E-state index is 0.0472. The lowest BCUT2D eigenvalue weighted by Crippen LogP contribution is -2.37. The van der Waals surface area contributed by atoms with Crippen LogP contribution < -0.4 is 0 Å². The van der Waals surface area contributed by atoms with Gasteiger partial charge in [-0.1, -0.05) is 30.3 Å². The third-order valence-electron chi connectivity index (χ3n) is 5.69. The van der Waals surface area contributed by atoms with Crippen molar-refractivity contribution in [3.63, 3.8) is 0 Å². The second-order valence-electron chi connectivity index (χ2n) is 7.93. The molecule has 4 heterocycles. The van der Waals surface area contributed by atoms with Gasteiger partial charge in [0.1, 0.15) is 0 Å². The van der Waals surface area contributed by atoms with Crippen LogP contribution >= 0.6 is 0 Å². The maximum absolute atomic E-state index is 13.9. The van der Waals surface area contributed by atoms with Crippen molar-refractivity contribution in [2.75, 3.05) is 13.2 Å². The fraction of sp³-hybridized carbons (Fsp3) is 0.231. The average molecular weight is 425 g/mol. The van der Waals surface area contributed by atoms with Gasteiger partial charge < -0.3 is 9.64 Å². The van der Waals surface area contributed by atoms with Gasteiger partial charge >= 0.3 is 0 Å². The van der Waals surface area contributed by atoms with E-state index in [0.717, 1.165) is 41.7 Å². The van der Waals surface area contributed by atoms with Crippen LogP contribution in [0.3, 0.4) is 0 Å². The predicted octanol–water partition coefficient (Wildman–Crippen LogP) is 4.51. The number of amides is 1. The number of nitrogens with zero attached hydrogens (tertiary/aromatic N) is 4. The Kier molecular flexibility index (Phi) is 5.85. The van der Waals surface area contributed by atoms with Gasteiger partial charge in [-0.2, -0.15) is 0 Å². The molecule has 0 saturated carbocycles. The number of hydrogen-bond donors (Lipinski definition) is 0. The molecular formula is C26H24N4O2. The smallest absolute Gasteiger partial charge is 0.255 e. The first kappa shape index (κ1) is 20.3. The van der Waals surface area contributed by atoms with E-state index in [9.17, 15) is 4.79 Å². The summed E-state index contributed by atoms with van der Waals surface area (Å²) in [6.45, 7) is 1.71. The van der Waals surface area contributed by atoms with Crippen molar-refractivity contribution in [3.8, 4) is 11.4 Å². The van der Waals surface area contributed by atoms with Gasteiger partial charge in [-0.25, -0.2) is 4.98 Å². The third kappa shape index (κ3) is 4.36. The number of fused-ring (bicyclic) bond motifs is 1. The molecule has 160 valence electrons. The lowest BCUT2D eigenvalue weighted by atomic mass is 10.0. The normalized spacial score (nSPS) is 15.7. The molecular weight excluding hydrogens is 400 g/mol. The zero-order valence-electron chi connectivity index (χ0n) is 17.7. The summed E-state index contributed by atoms with van der Waals surface area (Å²) < 4.78 is 5.85. The van der Waals surface area contributed by atoms with Crippen LogP contribution in [0.25, 0.3) is 22.3 Å². The van der Waals surface area contributed by atoms with Crippen LogP contribution in [0, 0.1) is 0 Å². The number of ether oxygens (including phenoxy) is 1. The zero-order chi connectivity index (χ0) is 21.8. The Bertz CT molecular complexity index is 1210. The molecule has 6 heteroatoms. The fourth-order valence-electron chi connectivity index (χ4n) is 4.11. The Hall–Kier alpha value is -3.64. The Morgan fingerprint density at radius 1 is 0.969 bits per heavy atom. The predicted molar refractivity (Wildman–Crippen MR) is 123 cm³/mol. The highest BCUT2D eigenvalue weighted by molar-refractivity contribution is 6.07. The van der Waals surface area contributed by atoms with Gasteiger partial charge in [0.15, 0.2) is 0 Å². The van der Waals surface area contributed by atoms with Crippen molar-refractivity contribution in [1.29, 1.82) is 0 Å². The van der Waals surface area contributed by atoms with Crippen LogP contribution in [0.4, 0.5) is 0 Å². The van der Waals surface area contributed by atoms with Crippen LogP contribution in [-0.4, -0.2) is 45.0 Å². The van der Waals surface area contributed by atoms with Crippen LogP contribution in [-0.2, 0) is 11.3 Å². The number of hydrogen-bond acceptors (Lipinski definition) is 5. The van der Waals surface area contributed by atoms with Gasteiger partial charge in [-0.15, -0.1) is 0 Å². The topological polar surface area (TPSA) is 68.2 Å². The molecule has 1 atom stereocenters. The van der Waals surface area contributed by atoms with Crippen molar-refractivity contribution in [2.24, 2.45) is 0 Å². The first-order valence-electron chi connectivity index (χ1n) is 10.9. The van der Waals surface area contributed by atoms with Crippen LogP contribution in [0.1, 0.15) is 28.9 Å². The molecule has 32 heavy (non-hydrogen) atoms. The van der Waals surface area contributed by atoms with Gasteiger partial charge in [0.25, 0.3) is 5.91 Å².